The van der Waals surface area contributed by atoms with E-state index >= 15 is 0 Å². The van der Waals surface area contributed by atoms with Crippen molar-refractivity contribution in [2.24, 2.45) is 5.92 Å². The molecule has 1 aromatic carbocycles. The second-order valence-electron chi connectivity index (χ2n) is 8.07. The van der Waals surface area contributed by atoms with Crippen molar-refractivity contribution in [3.63, 3.8) is 0 Å². The van der Waals surface area contributed by atoms with Crippen LogP contribution in [-0.4, -0.2) is 67.0 Å². The number of carbonyl (C=O) groups excluding carboxylic acids is 1. The largest absolute Gasteiger partial charge is 0.340 e. The van der Waals surface area contributed by atoms with Gasteiger partial charge in [0, 0.05) is 58.2 Å². The highest BCUT2D eigenvalue weighted by Crippen LogP contribution is 2.23. The number of carbonyl (C=O) groups is 1. The summed E-state index contributed by atoms with van der Waals surface area (Å²) >= 11 is 0. The number of hydrogen-bond donors (Lipinski definition) is 1. The molecule has 6 nitrogen and oxygen atoms in total. The van der Waals surface area contributed by atoms with Gasteiger partial charge in [0.1, 0.15) is 5.82 Å². The van der Waals surface area contributed by atoms with Gasteiger partial charge in [-0.05, 0) is 43.1 Å². The van der Waals surface area contributed by atoms with E-state index in [1.54, 1.807) is 0 Å². The molecule has 1 amide bonds. The van der Waals surface area contributed by atoms with Gasteiger partial charge in [-0.15, -0.1) is 0 Å². The summed E-state index contributed by atoms with van der Waals surface area (Å²) in [6.07, 6.45) is 4.07. The van der Waals surface area contributed by atoms with Gasteiger partial charge in [-0.1, -0.05) is 24.3 Å². The third kappa shape index (κ3) is 4.95. The average Bonchev–Trinajstić information content (AvgIpc) is 2.80. The molecule has 2 aliphatic heterocycles. The molecule has 0 radical (unpaired) electrons. The Morgan fingerprint density at radius 1 is 1.14 bits per heavy atom. The fourth-order valence-corrected chi connectivity index (χ4v) is 4.29. The van der Waals surface area contributed by atoms with Gasteiger partial charge in [0.2, 0.25) is 5.91 Å². The number of rotatable bonds is 5. The molecule has 2 aromatic rings. The smallest absolute Gasteiger partial charge is 0.227 e. The Morgan fingerprint density at radius 3 is 2.66 bits per heavy atom. The minimum Gasteiger partial charge on any atom is -0.340 e. The lowest BCUT2D eigenvalue weighted by atomic mass is 9.96. The van der Waals surface area contributed by atoms with Crippen LogP contribution in [0.1, 0.15) is 18.4 Å². The highest BCUT2D eigenvalue weighted by atomic mass is 16.2. The number of likely N-dealkylation sites (tertiary alicyclic amines) is 1. The Bertz CT molecular complexity index is 789. The van der Waals surface area contributed by atoms with Gasteiger partial charge >= 0.3 is 0 Å². The molecule has 1 unspecified atom stereocenters. The lowest BCUT2D eigenvalue weighted by Crippen LogP contribution is -2.51. The van der Waals surface area contributed by atoms with Crippen molar-refractivity contribution in [3.8, 4) is 0 Å². The van der Waals surface area contributed by atoms with E-state index in [4.69, 9.17) is 0 Å². The monoisotopic (exact) mass is 393 g/mol. The zero-order chi connectivity index (χ0) is 20.1. The van der Waals surface area contributed by atoms with Crippen molar-refractivity contribution in [2.75, 3.05) is 51.2 Å². The van der Waals surface area contributed by atoms with Crippen LogP contribution >= 0.6 is 0 Å². The van der Waals surface area contributed by atoms with Crippen LogP contribution in [0.3, 0.4) is 0 Å². The maximum atomic E-state index is 12.9. The third-order valence-electron chi connectivity index (χ3n) is 5.99. The van der Waals surface area contributed by atoms with E-state index in [0.717, 1.165) is 70.2 Å². The molecule has 0 aliphatic carbocycles. The van der Waals surface area contributed by atoms with Crippen molar-refractivity contribution < 1.29 is 4.79 Å². The first-order valence-corrected chi connectivity index (χ1v) is 10.7. The quantitative estimate of drug-likeness (QED) is 0.846. The van der Waals surface area contributed by atoms with Crippen LogP contribution in [0.15, 0.2) is 48.7 Å². The van der Waals surface area contributed by atoms with E-state index in [1.807, 2.05) is 36.3 Å². The molecule has 1 aromatic heterocycles. The zero-order valence-corrected chi connectivity index (χ0v) is 17.3. The number of benzene rings is 1. The fraction of sp³-hybridized carbons (Fsp3) is 0.478. The van der Waals surface area contributed by atoms with Crippen molar-refractivity contribution in [2.45, 2.75) is 19.4 Å². The summed E-state index contributed by atoms with van der Waals surface area (Å²) < 4.78 is 0. The van der Waals surface area contributed by atoms with Crippen LogP contribution in [-0.2, 0) is 11.3 Å². The van der Waals surface area contributed by atoms with Gasteiger partial charge in [-0.2, -0.15) is 0 Å². The van der Waals surface area contributed by atoms with E-state index in [0.29, 0.717) is 5.91 Å². The number of nitrogens with zero attached hydrogens (tertiary/aromatic N) is 4. The predicted molar refractivity (Wildman–Crippen MR) is 116 cm³/mol. The zero-order valence-electron chi connectivity index (χ0n) is 17.3. The van der Waals surface area contributed by atoms with Crippen molar-refractivity contribution >= 4 is 17.4 Å². The molecule has 4 rings (SSSR count). The normalized spacial score (nSPS) is 20.4. The highest BCUT2D eigenvalue weighted by Gasteiger charge is 2.29. The molecule has 2 aliphatic rings. The predicted octanol–water partition coefficient (Wildman–Crippen LogP) is 2.49. The molecular weight excluding hydrogens is 362 g/mol. The lowest BCUT2D eigenvalue weighted by molar-refractivity contribution is -0.138. The molecule has 1 atom stereocenters. The molecule has 0 spiro atoms. The summed E-state index contributed by atoms with van der Waals surface area (Å²) in [5.41, 5.74) is 2.32. The topological polar surface area (TPSA) is 51.7 Å². The summed E-state index contributed by atoms with van der Waals surface area (Å²) in [7, 11) is 2.04. The van der Waals surface area contributed by atoms with Gasteiger partial charge in [0.25, 0.3) is 0 Å². The van der Waals surface area contributed by atoms with Crippen LogP contribution in [0.4, 0.5) is 11.5 Å². The number of amides is 1. The molecular formula is C23H31N5O. The second-order valence-corrected chi connectivity index (χ2v) is 8.07. The Hall–Kier alpha value is -2.44. The Kier molecular flexibility index (Phi) is 6.42. The Labute approximate surface area is 173 Å². The van der Waals surface area contributed by atoms with Gasteiger partial charge in [0.15, 0.2) is 0 Å². The maximum absolute atomic E-state index is 12.9. The number of anilines is 2. The van der Waals surface area contributed by atoms with E-state index in [9.17, 15) is 4.79 Å². The Balaban J connectivity index is 1.34. The van der Waals surface area contributed by atoms with Gasteiger partial charge in [-0.3, -0.25) is 9.69 Å². The molecule has 2 saturated heterocycles. The van der Waals surface area contributed by atoms with E-state index in [2.05, 4.69) is 44.4 Å². The summed E-state index contributed by atoms with van der Waals surface area (Å²) in [4.78, 5) is 24.1. The first-order valence-electron chi connectivity index (χ1n) is 10.7. The van der Waals surface area contributed by atoms with Crippen LogP contribution in [0.5, 0.6) is 0 Å². The summed E-state index contributed by atoms with van der Waals surface area (Å²) in [5.74, 6) is 1.41. The minimum absolute atomic E-state index is 0.137. The number of piperidine rings is 1. The summed E-state index contributed by atoms with van der Waals surface area (Å²) in [6, 6.07) is 14.5. The molecule has 2 fully saturated rings. The van der Waals surface area contributed by atoms with E-state index < -0.39 is 0 Å². The van der Waals surface area contributed by atoms with E-state index in [-0.39, 0.29) is 5.92 Å². The molecule has 29 heavy (non-hydrogen) atoms. The lowest BCUT2D eigenvalue weighted by Gasteiger charge is -2.36. The number of nitrogens with one attached hydrogen (secondary N) is 1. The Morgan fingerprint density at radius 2 is 1.93 bits per heavy atom. The maximum Gasteiger partial charge on any atom is 0.227 e. The molecule has 0 bridgehead atoms. The number of pyridine rings is 1. The number of hydrogen-bond acceptors (Lipinski definition) is 5. The summed E-state index contributed by atoms with van der Waals surface area (Å²) in [6.45, 7) is 6.28. The molecule has 6 heteroatoms. The molecule has 154 valence electrons. The molecule has 3 heterocycles. The average molecular weight is 394 g/mol. The SMILES string of the molecule is CN(c1ccccc1)c1ccc(CN2CCCC(C(=O)N3CCNCC3)C2)cn1. The fourth-order valence-electron chi connectivity index (χ4n) is 4.29. The highest BCUT2D eigenvalue weighted by molar-refractivity contribution is 5.79. The van der Waals surface area contributed by atoms with E-state index in [1.165, 1.54) is 5.56 Å². The van der Waals surface area contributed by atoms with Crippen LogP contribution in [0, 0.1) is 5.92 Å². The standard InChI is InChI=1S/C23H31N5O/c1-26(21-7-3-2-4-8-21)22-10-9-19(16-25-22)17-27-13-5-6-20(18-27)23(29)28-14-11-24-12-15-28/h2-4,7-10,16,20,24H,5-6,11-15,17-18H2,1H3. The van der Waals surface area contributed by atoms with Crippen LogP contribution in [0.2, 0.25) is 0 Å². The molecule has 1 N–H and O–H groups in total. The van der Waals surface area contributed by atoms with Crippen molar-refractivity contribution in [1.82, 2.24) is 20.1 Å². The second kappa shape index (κ2) is 9.37. The van der Waals surface area contributed by atoms with Gasteiger partial charge in [-0.25, -0.2) is 4.98 Å². The van der Waals surface area contributed by atoms with Crippen LogP contribution < -0.4 is 10.2 Å². The van der Waals surface area contributed by atoms with Crippen LogP contribution in [0.25, 0.3) is 0 Å². The first kappa shape index (κ1) is 19.9. The van der Waals surface area contributed by atoms with Gasteiger partial charge < -0.3 is 15.1 Å². The number of piperazine rings is 1. The molecule has 0 saturated carbocycles. The number of aromatic nitrogens is 1. The van der Waals surface area contributed by atoms with Gasteiger partial charge in [0.05, 0.1) is 5.92 Å². The van der Waals surface area contributed by atoms with Crippen molar-refractivity contribution in [3.05, 3.63) is 54.2 Å². The first-order chi connectivity index (χ1) is 14.2. The number of para-hydroxylation sites is 1. The summed E-state index contributed by atoms with van der Waals surface area (Å²) in [5, 5.41) is 3.32. The van der Waals surface area contributed by atoms with Crippen molar-refractivity contribution in [1.29, 1.82) is 0 Å². The minimum atomic E-state index is 0.137. The third-order valence-corrected chi connectivity index (χ3v) is 5.99.